The van der Waals surface area contributed by atoms with E-state index in [1.165, 1.54) is 6.20 Å². The van der Waals surface area contributed by atoms with Gasteiger partial charge in [-0.05, 0) is 61.7 Å². The van der Waals surface area contributed by atoms with E-state index >= 15 is 0 Å². The molecular weight excluding hydrogens is 354 g/mol. The average Bonchev–Trinajstić information content (AvgIpc) is 3.52. The minimum Gasteiger partial charge on any atom is -0.497 e. The largest absolute Gasteiger partial charge is 0.497 e. The highest BCUT2D eigenvalue weighted by Gasteiger charge is 2.26. The van der Waals surface area contributed by atoms with Crippen LogP contribution in [-0.2, 0) is 0 Å². The van der Waals surface area contributed by atoms with Gasteiger partial charge in [0.25, 0.3) is 5.91 Å². The Morgan fingerprint density at radius 1 is 1.11 bits per heavy atom. The van der Waals surface area contributed by atoms with Gasteiger partial charge in [-0.3, -0.25) is 4.79 Å². The third-order valence-electron chi connectivity index (χ3n) is 4.46. The molecule has 0 radical (unpaired) electrons. The third-order valence-corrected chi connectivity index (χ3v) is 4.46. The minimum absolute atomic E-state index is 0.216. The third kappa shape index (κ3) is 4.11. The smallest absolute Gasteiger partial charge is 0.258 e. The van der Waals surface area contributed by atoms with Gasteiger partial charge in [0.05, 0.1) is 7.11 Å². The van der Waals surface area contributed by atoms with Crippen LogP contribution in [-0.4, -0.2) is 29.0 Å². The van der Waals surface area contributed by atoms with Gasteiger partial charge >= 0.3 is 0 Å². The second kappa shape index (κ2) is 7.68. The Balaban J connectivity index is 1.70. The van der Waals surface area contributed by atoms with Crippen LogP contribution in [0.5, 0.6) is 17.4 Å². The Kier molecular flexibility index (Phi) is 4.93. The summed E-state index contributed by atoms with van der Waals surface area (Å²) in [5.41, 5.74) is 2.20. The second-order valence-electron chi connectivity index (χ2n) is 6.81. The van der Waals surface area contributed by atoms with Crippen LogP contribution in [0.25, 0.3) is 11.4 Å². The molecular formula is C22H21N3O3. The number of nitrogens with zero attached hydrogens (tertiary/aromatic N) is 2. The highest BCUT2D eigenvalue weighted by atomic mass is 16.5. The molecule has 2 aromatic carbocycles. The quantitative estimate of drug-likeness (QED) is 0.701. The van der Waals surface area contributed by atoms with Gasteiger partial charge in [0, 0.05) is 17.8 Å². The predicted octanol–water partition coefficient (Wildman–Crippen LogP) is 4.15. The first kappa shape index (κ1) is 18.0. The first-order valence-electron chi connectivity index (χ1n) is 9.19. The van der Waals surface area contributed by atoms with E-state index in [-0.39, 0.29) is 17.8 Å². The van der Waals surface area contributed by atoms with E-state index in [2.05, 4.69) is 15.3 Å². The maximum atomic E-state index is 12.6. The van der Waals surface area contributed by atoms with Gasteiger partial charge in [0.1, 0.15) is 17.1 Å². The number of amides is 1. The Bertz CT molecular complexity index is 998. The van der Waals surface area contributed by atoms with Crippen molar-refractivity contribution in [2.24, 2.45) is 0 Å². The standard InChI is InChI=1S/C22H21N3O3/c1-14-4-3-5-18(12-14)28-22-19(21(26)24-16-8-9-16)13-23-20(25-22)15-6-10-17(27-2)11-7-15/h3-7,10-13,16H,8-9H2,1-2H3,(H,24,26). The molecule has 1 fully saturated rings. The fourth-order valence-electron chi connectivity index (χ4n) is 2.76. The lowest BCUT2D eigenvalue weighted by Gasteiger charge is -2.12. The van der Waals surface area contributed by atoms with Crippen molar-refractivity contribution < 1.29 is 14.3 Å². The van der Waals surface area contributed by atoms with Gasteiger partial charge in [0.15, 0.2) is 5.82 Å². The van der Waals surface area contributed by atoms with Crippen LogP contribution < -0.4 is 14.8 Å². The van der Waals surface area contributed by atoms with Crippen molar-refractivity contribution >= 4 is 5.91 Å². The van der Waals surface area contributed by atoms with Crippen LogP contribution in [0.15, 0.2) is 54.7 Å². The molecule has 0 spiro atoms. The lowest BCUT2D eigenvalue weighted by Crippen LogP contribution is -2.26. The number of hydrogen-bond acceptors (Lipinski definition) is 5. The summed E-state index contributed by atoms with van der Waals surface area (Å²) in [6.07, 6.45) is 3.53. The summed E-state index contributed by atoms with van der Waals surface area (Å²) in [7, 11) is 1.62. The molecule has 1 saturated carbocycles. The van der Waals surface area contributed by atoms with Crippen molar-refractivity contribution in [3.05, 3.63) is 65.9 Å². The number of rotatable bonds is 6. The topological polar surface area (TPSA) is 73.3 Å². The van der Waals surface area contributed by atoms with Gasteiger partial charge in [-0.1, -0.05) is 12.1 Å². The Morgan fingerprint density at radius 3 is 2.57 bits per heavy atom. The number of carbonyl (C=O) groups excluding carboxylic acids is 1. The van der Waals surface area contributed by atoms with Crippen LogP contribution in [0, 0.1) is 6.92 Å². The molecule has 1 heterocycles. The van der Waals surface area contributed by atoms with E-state index in [4.69, 9.17) is 9.47 Å². The molecule has 0 aliphatic heterocycles. The average molecular weight is 375 g/mol. The summed E-state index contributed by atoms with van der Waals surface area (Å²) in [6, 6.07) is 15.3. The lowest BCUT2D eigenvalue weighted by molar-refractivity contribution is 0.0947. The molecule has 0 bridgehead atoms. The zero-order valence-electron chi connectivity index (χ0n) is 15.8. The number of nitrogens with one attached hydrogen (secondary N) is 1. The van der Waals surface area contributed by atoms with Crippen LogP contribution in [0.4, 0.5) is 0 Å². The normalized spacial score (nSPS) is 13.1. The van der Waals surface area contributed by atoms with Gasteiger partial charge in [-0.15, -0.1) is 0 Å². The van der Waals surface area contributed by atoms with E-state index in [1.54, 1.807) is 7.11 Å². The summed E-state index contributed by atoms with van der Waals surface area (Å²) >= 11 is 0. The van der Waals surface area contributed by atoms with Crippen molar-refractivity contribution in [2.45, 2.75) is 25.8 Å². The molecule has 0 unspecified atom stereocenters. The highest BCUT2D eigenvalue weighted by molar-refractivity contribution is 5.96. The first-order chi connectivity index (χ1) is 13.6. The van der Waals surface area contributed by atoms with E-state index in [9.17, 15) is 4.79 Å². The van der Waals surface area contributed by atoms with E-state index in [1.807, 2.05) is 55.5 Å². The zero-order valence-corrected chi connectivity index (χ0v) is 15.8. The van der Waals surface area contributed by atoms with Crippen LogP contribution >= 0.6 is 0 Å². The molecule has 1 amide bonds. The number of hydrogen-bond donors (Lipinski definition) is 1. The number of methoxy groups -OCH3 is 1. The molecule has 6 nitrogen and oxygen atoms in total. The molecule has 1 aromatic heterocycles. The van der Waals surface area contributed by atoms with E-state index < -0.39 is 0 Å². The fraction of sp³-hybridized carbons (Fsp3) is 0.227. The molecule has 1 aliphatic rings. The number of ether oxygens (including phenoxy) is 2. The molecule has 4 rings (SSSR count). The molecule has 3 aromatic rings. The van der Waals surface area contributed by atoms with E-state index in [0.717, 1.165) is 29.7 Å². The van der Waals surface area contributed by atoms with Crippen LogP contribution in [0.1, 0.15) is 28.8 Å². The summed E-state index contributed by atoms with van der Waals surface area (Å²) in [4.78, 5) is 21.5. The Morgan fingerprint density at radius 2 is 1.89 bits per heavy atom. The maximum Gasteiger partial charge on any atom is 0.258 e. The summed E-state index contributed by atoms with van der Waals surface area (Å²) in [6.45, 7) is 1.98. The highest BCUT2D eigenvalue weighted by Crippen LogP contribution is 2.28. The summed E-state index contributed by atoms with van der Waals surface area (Å²) in [5.74, 6) is 1.88. The summed E-state index contributed by atoms with van der Waals surface area (Å²) < 4.78 is 11.2. The maximum absolute atomic E-state index is 12.6. The van der Waals surface area contributed by atoms with Gasteiger partial charge < -0.3 is 14.8 Å². The second-order valence-corrected chi connectivity index (χ2v) is 6.81. The van der Waals surface area contributed by atoms with Crippen molar-refractivity contribution in [3.63, 3.8) is 0 Å². The zero-order chi connectivity index (χ0) is 19.5. The summed E-state index contributed by atoms with van der Waals surface area (Å²) in [5, 5.41) is 2.97. The SMILES string of the molecule is COc1ccc(-c2ncc(C(=O)NC3CC3)c(Oc3cccc(C)c3)n2)cc1. The van der Waals surface area contributed by atoms with Crippen LogP contribution in [0.3, 0.4) is 0 Å². The minimum atomic E-state index is -0.216. The van der Waals surface area contributed by atoms with Crippen molar-refractivity contribution in [3.8, 4) is 28.8 Å². The molecule has 28 heavy (non-hydrogen) atoms. The molecule has 1 aliphatic carbocycles. The lowest BCUT2D eigenvalue weighted by atomic mass is 10.2. The molecule has 142 valence electrons. The molecule has 6 heteroatoms. The Hall–Kier alpha value is -3.41. The van der Waals surface area contributed by atoms with Crippen molar-refractivity contribution in [2.75, 3.05) is 7.11 Å². The number of aryl methyl sites for hydroxylation is 1. The Labute approximate surface area is 163 Å². The van der Waals surface area contributed by atoms with E-state index in [0.29, 0.717) is 17.1 Å². The molecule has 1 N–H and O–H groups in total. The van der Waals surface area contributed by atoms with Gasteiger partial charge in [-0.2, -0.15) is 4.98 Å². The molecule has 0 saturated heterocycles. The fourth-order valence-corrected chi connectivity index (χ4v) is 2.76. The number of benzene rings is 2. The van der Waals surface area contributed by atoms with Gasteiger partial charge in [-0.25, -0.2) is 4.98 Å². The monoisotopic (exact) mass is 375 g/mol. The number of carbonyl (C=O) groups is 1. The predicted molar refractivity (Wildman–Crippen MR) is 106 cm³/mol. The van der Waals surface area contributed by atoms with Crippen molar-refractivity contribution in [1.82, 2.24) is 15.3 Å². The van der Waals surface area contributed by atoms with Crippen LogP contribution in [0.2, 0.25) is 0 Å². The van der Waals surface area contributed by atoms with Gasteiger partial charge in [0.2, 0.25) is 5.88 Å². The van der Waals surface area contributed by atoms with Crippen molar-refractivity contribution in [1.29, 1.82) is 0 Å². The number of aromatic nitrogens is 2. The molecule has 0 atom stereocenters. The first-order valence-corrected chi connectivity index (χ1v) is 9.19.